The second-order valence-electron chi connectivity index (χ2n) is 4.67. The Morgan fingerprint density at radius 2 is 2.00 bits per heavy atom. The van der Waals surface area contributed by atoms with E-state index in [0.29, 0.717) is 5.56 Å². The molecule has 4 heteroatoms. The van der Waals surface area contributed by atoms with Crippen molar-refractivity contribution in [3.8, 4) is 0 Å². The molecule has 3 nitrogen and oxygen atoms in total. The lowest BCUT2D eigenvalue weighted by atomic mass is 10.1. The summed E-state index contributed by atoms with van der Waals surface area (Å²) in [6, 6.07) is 2.89. The van der Waals surface area contributed by atoms with E-state index in [1.54, 1.807) is 19.1 Å². The molecule has 0 unspecified atom stereocenters. The van der Waals surface area contributed by atoms with Gasteiger partial charge in [0.2, 0.25) is 0 Å². The first-order valence-corrected chi connectivity index (χ1v) is 5.71. The summed E-state index contributed by atoms with van der Waals surface area (Å²) in [5.41, 5.74) is 1.92. The topological polar surface area (TPSA) is 37.4 Å². The molecule has 1 amide bonds. The van der Waals surface area contributed by atoms with Gasteiger partial charge in [0.05, 0.1) is 11.3 Å². The monoisotopic (exact) mass is 247 g/mol. The number of anilines is 1. The van der Waals surface area contributed by atoms with Crippen molar-refractivity contribution in [3.05, 3.63) is 40.7 Å². The molecule has 0 saturated carbocycles. The van der Waals surface area contributed by atoms with Crippen LogP contribution in [0.2, 0.25) is 0 Å². The number of carbonyl (C=O) groups excluding carboxylic acids is 2. The largest absolute Gasteiger partial charge is 0.299 e. The average Bonchev–Trinajstić information content (AvgIpc) is 2.51. The van der Waals surface area contributed by atoms with E-state index in [1.807, 2.05) is 13.8 Å². The average molecular weight is 247 g/mol. The zero-order chi connectivity index (χ0) is 13.4. The van der Waals surface area contributed by atoms with Crippen LogP contribution in [-0.4, -0.2) is 18.2 Å². The SMILES string of the molecule is CC(C)=CCN1C(=O)C(=O)c2cc(C)cc(F)c21. The number of aryl methyl sites for hydroxylation is 1. The minimum absolute atomic E-state index is 0.105. The smallest absolute Gasteiger partial charge is 0.298 e. The molecular weight excluding hydrogens is 233 g/mol. The lowest BCUT2D eigenvalue weighted by Crippen LogP contribution is -2.30. The molecule has 18 heavy (non-hydrogen) atoms. The predicted molar refractivity (Wildman–Crippen MR) is 67.3 cm³/mol. The number of ketones is 1. The van der Waals surface area contributed by atoms with Gasteiger partial charge in [0.1, 0.15) is 5.82 Å². The highest BCUT2D eigenvalue weighted by atomic mass is 19.1. The number of Topliss-reactive ketones (excluding diaryl/α,β-unsaturated/α-hetero) is 1. The highest BCUT2D eigenvalue weighted by Crippen LogP contribution is 2.32. The standard InChI is InChI=1S/C14H14FNO2/c1-8(2)4-5-16-12-10(13(17)14(16)18)6-9(3)7-11(12)15/h4,6-7H,5H2,1-3H3. The lowest BCUT2D eigenvalue weighted by Gasteiger charge is -2.15. The molecule has 0 spiro atoms. The number of allylic oxidation sites excluding steroid dienone is 1. The quantitative estimate of drug-likeness (QED) is 0.595. The van der Waals surface area contributed by atoms with Crippen LogP contribution in [0.25, 0.3) is 0 Å². The summed E-state index contributed by atoms with van der Waals surface area (Å²) in [5, 5.41) is 0. The van der Waals surface area contributed by atoms with Crippen LogP contribution >= 0.6 is 0 Å². The number of rotatable bonds is 2. The van der Waals surface area contributed by atoms with Crippen molar-refractivity contribution in [2.45, 2.75) is 20.8 Å². The van der Waals surface area contributed by atoms with Gasteiger partial charge in [-0.2, -0.15) is 0 Å². The van der Waals surface area contributed by atoms with Crippen molar-refractivity contribution in [1.82, 2.24) is 0 Å². The summed E-state index contributed by atoms with van der Waals surface area (Å²) in [5.74, 6) is -1.81. The summed E-state index contributed by atoms with van der Waals surface area (Å²) in [6.07, 6.45) is 1.79. The molecule has 0 aliphatic carbocycles. The Kier molecular flexibility index (Phi) is 3.03. The number of carbonyl (C=O) groups is 2. The van der Waals surface area contributed by atoms with E-state index < -0.39 is 17.5 Å². The lowest BCUT2D eigenvalue weighted by molar-refractivity contribution is -0.114. The van der Waals surface area contributed by atoms with Gasteiger partial charge >= 0.3 is 0 Å². The van der Waals surface area contributed by atoms with E-state index in [1.165, 1.54) is 11.0 Å². The number of fused-ring (bicyclic) bond motifs is 1. The molecule has 0 atom stereocenters. The molecule has 1 aromatic rings. The molecule has 1 aliphatic heterocycles. The molecule has 0 bridgehead atoms. The van der Waals surface area contributed by atoms with Crippen molar-refractivity contribution in [2.24, 2.45) is 0 Å². The van der Waals surface area contributed by atoms with Gasteiger partial charge in [0, 0.05) is 6.54 Å². The molecule has 1 aliphatic rings. The maximum Gasteiger partial charge on any atom is 0.299 e. The van der Waals surface area contributed by atoms with Gasteiger partial charge in [-0.15, -0.1) is 0 Å². The fraction of sp³-hybridized carbons (Fsp3) is 0.286. The molecule has 0 N–H and O–H groups in total. The first-order chi connectivity index (χ1) is 8.41. The van der Waals surface area contributed by atoms with Crippen molar-refractivity contribution in [3.63, 3.8) is 0 Å². The number of benzene rings is 1. The summed E-state index contributed by atoms with van der Waals surface area (Å²) in [6.45, 7) is 5.68. The number of hydrogen-bond donors (Lipinski definition) is 0. The fourth-order valence-corrected chi connectivity index (χ4v) is 1.97. The van der Waals surface area contributed by atoms with Crippen LogP contribution in [0.1, 0.15) is 29.8 Å². The zero-order valence-electron chi connectivity index (χ0n) is 10.6. The molecule has 0 radical (unpaired) electrons. The first-order valence-electron chi connectivity index (χ1n) is 5.71. The highest BCUT2D eigenvalue weighted by Gasteiger charge is 2.37. The van der Waals surface area contributed by atoms with Crippen LogP contribution in [0.5, 0.6) is 0 Å². The number of hydrogen-bond acceptors (Lipinski definition) is 2. The second-order valence-corrected chi connectivity index (χ2v) is 4.67. The minimum atomic E-state index is -0.660. The van der Waals surface area contributed by atoms with Crippen molar-refractivity contribution >= 4 is 17.4 Å². The Bertz CT molecular complexity index is 571. The van der Waals surface area contributed by atoms with Gasteiger partial charge in [0.25, 0.3) is 11.7 Å². The van der Waals surface area contributed by atoms with E-state index in [-0.39, 0.29) is 17.8 Å². The van der Waals surface area contributed by atoms with E-state index in [0.717, 1.165) is 5.57 Å². The molecule has 1 heterocycles. The van der Waals surface area contributed by atoms with E-state index in [2.05, 4.69) is 0 Å². The van der Waals surface area contributed by atoms with Crippen LogP contribution < -0.4 is 4.90 Å². The Balaban J connectivity index is 2.51. The molecule has 0 aromatic heterocycles. The maximum atomic E-state index is 13.9. The van der Waals surface area contributed by atoms with Gasteiger partial charge in [-0.1, -0.05) is 11.6 Å². The Morgan fingerprint density at radius 3 is 2.61 bits per heavy atom. The van der Waals surface area contributed by atoms with Crippen LogP contribution in [0.15, 0.2) is 23.8 Å². The number of nitrogens with zero attached hydrogens (tertiary/aromatic N) is 1. The summed E-state index contributed by atoms with van der Waals surface area (Å²) in [4.78, 5) is 24.8. The van der Waals surface area contributed by atoms with E-state index >= 15 is 0 Å². The highest BCUT2D eigenvalue weighted by molar-refractivity contribution is 6.52. The number of halogens is 1. The van der Waals surface area contributed by atoms with Gasteiger partial charge < -0.3 is 0 Å². The number of amides is 1. The third kappa shape index (κ3) is 1.94. The molecule has 94 valence electrons. The van der Waals surface area contributed by atoms with Crippen LogP contribution in [-0.2, 0) is 4.79 Å². The Hall–Kier alpha value is -1.97. The summed E-state index contributed by atoms with van der Waals surface area (Å²) < 4.78 is 13.9. The molecule has 1 aromatic carbocycles. The van der Waals surface area contributed by atoms with Gasteiger partial charge in [-0.05, 0) is 38.5 Å². The third-order valence-electron chi connectivity index (χ3n) is 2.84. The van der Waals surface area contributed by atoms with Crippen molar-refractivity contribution < 1.29 is 14.0 Å². The normalized spacial score (nSPS) is 13.9. The third-order valence-corrected chi connectivity index (χ3v) is 2.84. The van der Waals surface area contributed by atoms with Gasteiger partial charge in [0.15, 0.2) is 0 Å². The molecule has 0 saturated heterocycles. The second kappa shape index (κ2) is 4.37. The maximum absolute atomic E-state index is 13.9. The zero-order valence-corrected chi connectivity index (χ0v) is 10.6. The van der Waals surface area contributed by atoms with Gasteiger partial charge in [-0.3, -0.25) is 14.5 Å². The van der Waals surface area contributed by atoms with Gasteiger partial charge in [-0.25, -0.2) is 4.39 Å². The molecule has 0 fully saturated rings. The molecular formula is C14H14FNO2. The van der Waals surface area contributed by atoms with E-state index in [9.17, 15) is 14.0 Å². The Labute approximate surface area is 105 Å². The van der Waals surface area contributed by atoms with E-state index in [4.69, 9.17) is 0 Å². The summed E-state index contributed by atoms with van der Waals surface area (Å²) >= 11 is 0. The minimum Gasteiger partial charge on any atom is -0.298 e. The van der Waals surface area contributed by atoms with Crippen LogP contribution in [0, 0.1) is 12.7 Å². The molecule has 2 rings (SSSR count). The predicted octanol–water partition coefficient (Wildman–Crippen LogP) is 2.63. The summed E-state index contributed by atoms with van der Waals surface area (Å²) in [7, 11) is 0. The van der Waals surface area contributed by atoms with Crippen LogP contribution in [0.4, 0.5) is 10.1 Å². The van der Waals surface area contributed by atoms with Crippen LogP contribution in [0.3, 0.4) is 0 Å². The fourth-order valence-electron chi connectivity index (χ4n) is 1.97. The Morgan fingerprint density at radius 1 is 1.33 bits per heavy atom. The van der Waals surface area contributed by atoms with Crippen molar-refractivity contribution in [2.75, 3.05) is 11.4 Å². The van der Waals surface area contributed by atoms with Crippen molar-refractivity contribution in [1.29, 1.82) is 0 Å². The first kappa shape index (κ1) is 12.5.